The van der Waals surface area contributed by atoms with E-state index in [0.29, 0.717) is 18.1 Å². The number of nitrogens with zero attached hydrogens (tertiary/aromatic N) is 2. The molecular formula is C15H27N5O2S. The van der Waals surface area contributed by atoms with E-state index in [9.17, 15) is 9.00 Å². The summed E-state index contributed by atoms with van der Waals surface area (Å²) in [5.41, 5.74) is 9.15. The van der Waals surface area contributed by atoms with E-state index in [1.807, 2.05) is 19.9 Å². The Morgan fingerprint density at radius 1 is 1.48 bits per heavy atom. The molecule has 4 N–H and O–H groups in total. The first kappa shape index (κ1) is 19.3. The summed E-state index contributed by atoms with van der Waals surface area (Å²) in [5, 5.41) is 7.30. The Labute approximate surface area is 140 Å². The molecule has 0 aromatic carbocycles. The predicted molar refractivity (Wildman–Crippen MR) is 95.4 cm³/mol. The highest BCUT2D eigenvalue weighted by molar-refractivity contribution is 7.84. The summed E-state index contributed by atoms with van der Waals surface area (Å²) in [6, 6.07) is 0.141. The van der Waals surface area contributed by atoms with Gasteiger partial charge in [0, 0.05) is 30.1 Å². The van der Waals surface area contributed by atoms with E-state index >= 15 is 0 Å². The fraction of sp³-hybridized carbons (Fsp3) is 0.667. The number of hydrazone groups is 1. The van der Waals surface area contributed by atoms with Gasteiger partial charge in [-0.2, -0.15) is 5.10 Å². The second kappa shape index (κ2) is 8.81. The average Bonchev–Trinajstić information content (AvgIpc) is 2.46. The molecule has 1 amide bonds. The molecule has 130 valence electrons. The Morgan fingerprint density at radius 3 is 2.65 bits per heavy atom. The van der Waals surface area contributed by atoms with Crippen molar-refractivity contribution < 1.29 is 9.00 Å². The minimum absolute atomic E-state index is 0.141. The second-order valence-corrected chi connectivity index (χ2v) is 7.56. The topological polar surface area (TPSA) is 109 Å². The van der Waals surface area contributed by atoms with Gasteiger partial charge in [-0.05, 0) is 25.3 Å². The van der Waals surface area contributed by atoms with E-state index in [1.165, 1.54) is 0 Å². The quantitative estimate of drug-likeness (QED) is 0.446. The van der Waals surface area contributed by atoms with E-state index in [-0.39, 0.29) is 12.0 Å². The lowest BCUT2D eigenvalue weighted by Crippen LogP contribution is -2.37. The van der Waals surface area contributed by atoms with Crippen molar-refractivity contribution in [3.8, 4) is 0 Å². The second-order valence-electron chi connectivity index (χ2n) is 6.11. The SMILES string of the molecule is CC(C)C(C)N/N=C(/C(N)=O)[C@@H](C)CC1=CC=N[C@@H](S(C)=O)N1. The van der Waals surface area contributed by atoms with Crippen molar-refractivity contribution in [2.24, 2.45) is 27.7 Å². The third kappa shape index (κ3) is 6.13. The number of allylic oxidation sites excluding steroid dienone is 2. The Kier molecular flexibility index (Phi) is 7.41. The molecule has 1 aliphatic heterocycles. The summed E-state index contributed by atoms with van der Waals surface area (Å²) >= 11 is 0. The van der Waals surface area contributed by atoms with Crippen LogP contribution in [-0.2, 0) is 15.6 Å². The van der Waals surface area contributed by atoms with Crippen LogP contribution >= 0.6 is 0 Å². The van der Waals surface area contributed by atoms with Gasteiger partial charge in [0.1, 0.15) is 5.71 Å². The number of hydrogen-bond acceptors (Lipinski definition) is 6. The minimum atomic E-state index is -1.11. The standard InChI is InChI=1S/C15H27N5O2S/c1-9(2)11(4)19-20-13(14(16)21)10(3)8-12-6-7-17-15(18-12)23(5)22/h6-7,9-11,15,18-19H,8H2,1-5H3,(H2,16,21)/b20-13+/t10-,11?,15+,23?/m0/s1. The maximum absolute atomic E-state index is 11.7. The molecule has 1 rings (SSSR count). The monoisotopic (exact) mass is 341 g/mol. The lowest BCUT2D eigenvalue weighted by molar-refractivity contribution is -0.112. The summed E-state index contributed by atoms with van der Waals surface area (Å²) in [5.74, 6) is -0.320. The largest absolute Gasteiger partial charge is 0.364 e. The van der Waals surface area contributed by atoms with Crippen LogP contribution in [0, 0.1) is 11.8 Å². The Morgan fingerprint density at radius 2 is 2.13 bits per heavy atom. The number of aliphatic imine (C=N–C) groups is 1. The zero-order chi connectivity index (χ0) is 17.6. The van der Waals surface area contributed by atoms with E-state index in [4.69, 9.17) is 5.73 Å². The zero-order valence-electron chi connectivity index (χ0n) is 14.4. The van der Waals surface area contributed by atoms with Gasteiger partial charge in [0.2, 0.25) is 0 Å². The predicted octanol–water partition coefficient (Wildman–Crippen LogP) is 0.708. The molecule has 0 aromatic heterocycles. The van der Waals surface area contributed by atoms with Crippen molar-refractivity contribution in [3.63, 3.8) is 0 Å². The smallest absolute Gasteiger partial charge is 0.265 e. The van der Waals surface area contributed by atoms with Crippen LogP contribution in [-0.4, -0.2) is 39.8 Å². The molecule has 23 heavy (non-hydrogen) atoms. The molecule has 0 bridgehead atoms. The summed E-state index contributed by atoms with van der Waals surface area (Å²) in [7, 11) is -1.11. The number of carbonyl (C=O) groups excluding carboxylic acids is 1. The minimum Gasteiger partial charge on any atom is -0.364 e. The summed E-state index contributed by atoms with van der Waals surface area (Å²) in [6.07, 6.45) is 5.57. The average molecular weight is 341 g/mol. The molecule has 7 nitrogen and oxygen atoms in total. The molecule has 0 saturated carbocycles. The normalized spacial score (nSPS) is 22.1. The van der Waals surface area contributed by atoms with Gasteiger partial charge in [0.05, 0.1) is 10.8 Å². The highest BCUT2D eigenvalue weighted by atomic mass is 32.2. The maximum atomic E-state index is 11.7. The molecule has 0 aromatic rings. The summed E-state index contributed by atoms with van der Waals surface area (Å²) in [4.78, 5) is 15.8. The molecule has 1 heterocycles. The number of carbonyl (C=O) groups is 1. The van der Waals surface area contributed by atoms with Gasteiger partial charge < -0.3 is 16.5 Å². The van der Waals surface area contributed by atoms with Crippen LogP contribution in [0.25, 0.3) is 0 Å². The first-order valence-electron chi connectivity index (χ1n) is 7.66. The molecule has 0 spiro atoms. The van der Waals surface area contributed by atoms with Gasteiger partial charge in [-0.3, -0.25) is 14.0 Å². The van der Waals surface area contributed by atoms with Crippen molar-refractivity contribution >= 4 is 28.6 Å². The van der Waals surface area contributed by atoms with Gasteiger partial charge in [-0.1, -0.05) is 20.8 Å². The highest BCUT2D eigenvalue weighted by Crippen LogP contribution is 2.14. The van der Waals surface area contributed by atoms with Crippen molar-refractivity contribution in [2.75, 3.05) is 6.26 Å². The van der Waals surface area contributed by atoms with E-state index in [0.717, 1.165) is 5.70 Å². The fourth-order valence-corrected chi connectivity index (χ4v) is 2.46. The van der Waals surface area contributed by atoms with Crippen LogP contribution in [0.4, 0.5) is 0 Å². The lowest BCUT2D eigenvalue weighted by atomic mass is 9.98. The molecule has 4 atom stereocenters. The van der Waals surface area contributed by atoms with Crippen LogP contribution < -0.4 is 16.5 Å². The van der Waals surface area contributed by atoms with E-state index < -0.39 is 22.2 Å². The van der Waals surface area contributed by atoms with Gasteiger partial charge in [0.15, 0.2) is 5.50 Å². The number of primary amides is 1. The number of hydrogen-bond donors (Lipinski definition) is 3. The van der Waals surface area contributed by atoms with Crippen LogP contribution in [0.1, 0.15) is 34.1 Å². The van der Waals surface area contributed by atoms with E-state index in [2.05, 4.69) is 34.7 Å². The first-order valence-corrected chi connectivity index (χ1v) is 9.28. The summed E-state index contributed by atoms with van der Waals surface area (Å²) in [6.45, 7) is 8.03. The van der Waals surface area contributed by atoms with Gasteiger partial charge in [0.25, 0.3) is 5.91 Å². The molecule has 0 fully saturated rings. The molecule has 0 saturated heterocycles. The lowest BCUT2D eigenvalue weighted by Gasteiger charge is -2.22. The van der Waals surface area contributed by atoms with Crippen molar-refractivity contribution in [1.82, 2.24) is 10.7 Å². The number of nitrogens with one attached hydrogen (secondary N) is 2. The zero-order valence-corrected chi connectivity index (χ0v) is 15.2. The fourth-order valence-electron chi connectivity index (χ4n) is 1.91. The molecule has 0 aliphatic carbocycles. The molecule has 1 aliphatic rings. The van der Waals surface area contributed by atoms with Crippen molar-refractivity contribution in [1.29, 1.82) is 0 Å². The van der Waals surface area contributed by atoms with Gasteiger partial charge in [-0.15, -0.1) is 0 Å². The van der Waals surface area contributed by atoms with Crippen LogP contribution in [0.15, 0.2) is 21.9 Å². The third-order valence-corrected chi connectivity index (χ3v) is 4.62. The molecular weight excluding hydrogens is 314 g/mol. The molecule has 8 heteroatoms. The van der Waals surface area contributed by atoms with Crippen molar-refractivity contribution in [3.05, 3.63) is 11.8 Å². The van der Waals surface area contributed by atoms with Crippen LogP contribution in [0.5, 0.6) is 0 Å². The Balaban J connectivity index is 2.75. The molecule has 0 radical (unpaired) electrons. The third-order valence-electron chi connectivity index (χ3n) is 3.75. The Hall–Kier alpha value is -1.70. The van der Waals surface area contributed by atoms with Gasteiger partial charge >= 0.3 is 0 Å². The number of amides is 1. The van der Waals surface area contributed by atoms with Crippen molar-refractivity contribution in [2.45, 2.75) is 45.7 Å². The first-order chi connectivity index (χ1) is 10.7. The molecule has 2 unspecified atom stereocenters. The van der Waals surface area contributed by atoms with Crippen LogP contribution in [0.2, 0.25) is 0 Å². The van der Waals surface area contributed by atoms with Crippen LogP contribution in [0.3, 0.4) is 0 Å². The Bertz CT molecular complexity index is 542. The highest BCUT2D eigenvalue weighted by Gasteiger charge is 2.21. The maximum Gasteiger partial charge on any atom is 0.265 e. The number of nitrogens with two attached hydrogens (primary N) is 1. The summed E-state index contributed by atoms with van der Waals surface area (Å²) < 4.78 is 11.5. The van der Waals surface area contributed by atoms with Gasteiger partial charge in [-0.25, -0.2) is 0 Å². The number of rotatable bonds is 8. The van der Waals surface area contributed by atoms with E-state index in [1.54, 1.807) is 12.5 Å².